The zero-order chi connectivity index (χ0) is 20.6. The highest BCUT2D eigenvalue weighted by atomic mass is 32.1. The molecular formula is C22H26N2O4S. The van der Waals surface area contributed by atoms with Crippen molar-refractivity contribution in [2.45, 2.75) is 45.1 Å². The minimum atomic E-state index is -0.867. The van der Waals surface area contributed by atoms with Gasteiger partial charge in [0.15, 0.2) is 11.8 Å². The molecule has 0 fully saturated rings. The van der Waals surface area contributed by atoms with Crippen molar-refractivity contribution in [3.63, 3.8) is 0 Å². The molecule has 0 saturated heterocycles. The Morgan fingerprint density at radius 2 is 2.03 bits per heavy atom. The van der Waals surface area contributed by atoms with Gasteiger partial charge in [-0.1, -0.05) is 11.6 Å². The quantitative estimate of drug-likeness (QED) is 0.513. The number of carbonyl (C=O) groups is 2. The van der Waals surface area contributed by atoms with Crippen molar-refractivity contribution in [1.82, 2.24) is 10.3 Å². The zero-order valence-corrected chi connectivity index (χ0v) is 17.6. The standard InChI is InChI=1S/C22H26N2O4S/c1-15(20(25)23-13-12-16-6-4-3-5-7-16)28-22(26)19-14-29-21(24-19)17-8-10-18(27-2)11-9-17/h6,8-11,14-15H,3-5,7,12-13H2,1-2H3,(H,23,25)/t15-/m0/s1. The van der Waals surface area contributed by atoms with Crippen molar-refractivity contribution >= 4 is 23.2 Å². The van der Waals surface area contributed by atoms with Crippen molar-refractivity contribution < 1.29 is 19.1 Å². The summed E-state index contributed by atoms with van der Waals surface area (Å²) >= 11 is 1.35. The van der Waals surface area contributed by atoms with Crippen LogP contribution in [0.25, 0.3) is 10.6 Å². The third kappa shape index (κ3) is 5.90. The molecule has 0 aliphatic heterocycles. The molecule has 3 rings (SSSR count). The highest BCUT2D eigenvalue weighted by molar-refractivity contribution is 7.13. The van der Waals surface area contributed by atoms with E-state index in [1.54, 1.807) is 19.4 Å². The Hall–Kier alpha value is -2.67. The van der Waals surface area contributed by atoms with Gasteiger partial charge in [-0.3, -0.25) is 4.79 Å². The molecule has 1 aliphatic rings. The Bertz CT molecular complexity index is 873. The van der Waals surface area contributed by atoms with Crippen LogP contribution in [0.3, 0.4) is 0 Å². The summed E-state index contributed by atoms with van der Waals surface area (Å²) in [7, 11) is 1.61. The summed E-state index contributed by atoms with van der Waals surface area (Å²) in [5.41, 5.74) is 2.49. The van der Waals surface area contributed by atoms with Crippen molar-refractivity contribution in [2.24, 2.45) is 0 Å². The molecule has 0 spiro atoms. The Morgan fingerprint density at radius 3 is 2.72 bits per heavy atom. The number of carbonyl (C=O) groups excluding carboxylic acids is 2. The molecule has 0 unspecified atom stereocenters. The van der Waals surface area contributed by atoms with Crippen LogP contribution in [0.5, 0.6) is 5.75 Å². The van der Waals surface area contributed by atoms with Gasteiger partial charge >= 0.3 is 5.97 Å². The molecule has 1 aromatic carbocycles. The molecule has 0 bridgehead atoms. The maximum absolute atomic E-state index is 12.3. The number of rotatable bonds is 8. The van der Waals surface area contributed by atoms with Crippen LogP contribution in [-0.4, -0.2) is 36.6 Å². The first-order valence-corrected chi connectivity index (χ1v) is 10.7. The predicted molar refractivity (Wildman–Crippen MR) is 113 cm³/mol. The average molecular weight is 415 g/mol. The number of esters is 1. The second-order valence-corrected chi connectivity index (χ2v) is 7.82. The van der Waals surface area contributed by atoms with E-state index in [1.807, 2.05) is 24.3 Å². The minimum absolute atomic E-state index is 0.202. The Labute approximate surface area is 174 Å². The Morgan fingerprint density at radius 1 is 1.24 bits per heavy atom. The van der Waals surface area contributed by atoms with E-state index >= 15 is 0 Å². The Kier molecular flexibility index (Phi) is 7.41. The van der Waals surface area contributed by atoms with Crippen LogP contribution >= 0.6 is 11.3 Å². The first kappa shape index (κ1) is 21.0. The third-order valence-corrected chi connectivity index (χ3v) is 5.73. The topological polar surface area (TPSA) is 77.5 Å². The summed E-state index contributed by atoms with van der Waals surface area (Å²) in [6.07, 6.45) is 6.96. The number of hydrogen-bond acceptors (Lipinski definition) is 6. The van der Waals surface area contributed by atoms with E-state index in [4.69, 9.17) is 9.47 Å². The fourth-order valence-electron chi connectivity index (χ4n) is 3.13. The van der Waals surface area contributed by atoms with Crippen LogP contribution in [0.1, 0.15) is 49.5 Å². The largest absolute Gasteiger partial charge is 0.497 e. The molecule has 7 heteroatoms. The lowest BCUT2D eigenvalue weighted by atomic mass is 9.97. The highest BCUT2D eigenvalue weighted by Crippen LogP contribution is 2.26. The van der Waals surface area contributed by atoms with Gasteiger partial charge in [0.2, 0.25) is 0 Å². The smallest absolute Gasteiger partial charge is 0.358 e. The molecule has 1 amide bonds. The number of benzene rings is 1. The summed E-state index contributed by atoms with van der Waals surface area (Å²) < 4.78 is 10.4. The highest BCUT2D eigenvalue weighted by Gasteiger charge is 2.21. The number of amides is 1. The molecule has 1 aliphatic carbocycles. The van der Waals surface area contributed by atoms with Crippen LogP contribution < -0.4 is 10.1 Å². The Balaban J connectivity index is 1.49. The molecular weight excluding hydrogens is 388 g/mol. The average Bonchev–Trinajstić information content (AvgIpc) is 3.25. The van der Waals surface area contributed by atoms with Crippen molar-refractivity contribution in [3.8, 4) is 16.3 Å². The summed E-state index contributed by atoms with van der Waals surface area (Å²) in [6, 6.07) is 7.43. The number of aromatic nitrogens is 1. The number of allylic oxidation sites excluding steroid dienone is 1. The molecule has 0 radical (unpaired) electrons. The molecule has 6 nitrogen and oxygen atoms in total. The van der Waals surface area contributed by atoms with Gasteiger partial charge in [-0.05, 0) is 63.3 Å². The number of nitrogens with one attached hydrogen (secondary N) is 1. The number of thiazole rings is 1. The second kappa shape index (κ2) is 10.2. The maximum Gasteiger partial charge on any atom is 0.358 e. The van der Waals surface area contributed by atoms with E-state index in [0.717, 1.165) is 30.6 Å². The molecule has 1 heterocycles. The number of nitrogens with zero attached hydrogens (tertiary/aromatic N) is 1. The van der Waals surface area contributed by atoms with E-state index < -0.39 is 12.1 Å². The fourth-order valence-corrected chi connectivity index (χ4v) is 3.93. The molecule has 0 saturated carbocycles. The first-order chi connectivity index (χ1) is 14.1. The van der Waals surface area contributed by atoms with Gasteiger partial charge in [0.05, 0.1) is 7.11 Å². The summed E-state index contributed by atoms with van der Waals surface area (Å²) in [5.74, 6) is -0.136. The van der Waals surface area contributed by atoms with Gasteiger partial charge in [0, 0.05) is 17.5 Å². The SMILES string of the molecule is COc1ccc(-c2nc(C(=O)O[C@@H](C)C(=O)NCCC3=CCCCC3)cs2)cc1. The van der Waals surface area contributed by atoms with Crippen molar-refractivity contribution in [1.29, 1.82) is 0 Å². The van der Waals surface area contributed by atoms with Gasteiger partial charge in [-0.2, -0.15) is 0 Å². The maximum atomic E-state index is 12.3. The van der Waals surface area contributed by atoms with Crippen LogP contribution in [0.4, 0.5) is 0 Å². The van der Waals surface area contributed by atoms with Gasteiger partial charge in [0.1, 0.15) is 10.8 Å². The van der Waals surface area contributed by atoms with Gasteiger partial charge < -0.3 is 14.8 Å². The van der Waals surface area contributed by atoms with E-state index in [9.17, 15) is 9.59 Å². The summed E-state index contributed by atoms with van der Waals surface area (Å²) in [6.45, 7) is 2.13. The second-order valence-electron chi connectivity index (χ2n) is 6.96. The van der Waals surface area contributed by atoms with E-state index in [-0.39, 0.29) is 11.6 Å². The lowest BCUT2D eigenvalue weighted by Gasteiger charge is -2.15. The van der Waals surface area contributed by atoms with Crippen molar-refractivity contribution in [3.05, 3.63) is 47.0 Å². The third-order valence-electron chi connectivity index (χ3n) is 4.83. The first-order valence-electron chi connectivity index (χ1n) is 9.83. The molecule has 1 N–H and O–H groups in total. The molecule has 2 aromatic rings. The van der Waals surface area contributed by atoms with Crippen LogP contribution in [-0.2, 0) is 9.53 Å². The van der Waals surface area contributed by atoms with Crippen LogP contribution in [0.2, 0.25) is 0 Å². The summed E-state index contributed by atoms with van der Waals surface area (Å²) in [4.78, 5) is 28.9. The fraction of sp³-hybridized carbons (Fsp3) is 0.409. The number of methoxy groups -OCH3 is 1. The lowest BCUT2D eigenvalue weighted by molar-refractivity contribution is -0.129. The summed E-state index contributed by atoms with van der Waals surface area (Å²) in [5, 5.41) is 5.19. The van der Waals surface area contributed by atoms with Gasteiger partial charge in [0.25, 0.3) is 5.91 Å². The van der Waals surface area contributed by atoms with Gasteiger partial charge in [-0.15, -0.1) is 11.3 Å². The monoisotopic (exact) mass is 414 g/mol. The molecule has 29 heavy (non-hydrogen) atoms. The predicted octanol–water partition coefficient (Wildman–Crippen LogP) is 4.37. The van der Waals surface area contributed by atoms with Crippen molar-refractivity contribution in [2.75, 3.05) is 13.7 Å². The van der Waals surface area contributed by atoms with Gasteiger partial charge in [-0.25, -0.2) is 9.78 Å². The van der Waals surface area contributed by atoms with E-state index in [0.29, 0.717) is 11.6 Å². The van der Waals surface area contributed by atoms with Crippen LogP contribution in [0, 0.1) is 0 Å². The molecule has 154 valence electrons. The van der Waals surface area contributed by atoms with Crippen LogP contribution in [0.15, 0.2) is 41.3 Å². The lowest BCUT2D eigenvalue weighted by Crippen LogP contribution is -2.36. The number of ether oxygens (including phenoxy) is 2. The normalized spacial score (nSPS) is 14.6. The van der Waals surface area contributed by atoms with E-state index in [1.165, 1.54) is 29.8 Å². The van der Waals surface area contributed by atoms with E-state index in [2.05, 4.69) is 16.4 Å². The zero-order valence-electron chi connectivity index (χ0n) is 16.8. The molecule has 1 aromatic heterocycles. The number of hydrogen-bond donors (Lipinski definition) is 1. The minimum Gasteiger partial charge on any atom is -0.497 e. The molecule has 1 atom stereocenters.